The first-order valence-corrected chi connectivity index (χ1v) is 6.80. The first-order chi connectivity index (χ1) is 9.82. The highest BCUT2D eigenvalue weighted by Gasteiger charge is 2.33. The molecular weight excluding hydrogens is 305 g/mol. The van der Waals surface area contributed by atoms with Gasteiger partial charge in [0.25, 0.3) is 0 Å². The molecule has 0 amide bonds. The number of esters is 1. The minimum atomic E-state index is -4.57. The summed E-state index contributed by atoms with van der Waals surface area (Å²) in [7, 11) is 0. The van der Waals surface area contributed by atoms with Crippen molar-refractivity contribution >= 4 is 17.7 Å². The minimum Gasteiger partial charge on any atom is -0.466 e. The number of benzene rings is 1. The number of nitrogens with two attached hydrogens (primary N) is 1. The van der Waals surface area contributed by atoms with Gasteiger partial charge in [-0.3, -0.25) is 4.79 Å². The predicted octanol–water partition coefficient (Wildman–Crippen LogP) is 2.73. The van der Waals surface area contributed by atoms with Gasteiger partial charge < -0.3 is 10.5 Å². The Labute approximate surface area is 124 Å². The molecule has 0 atom stereocenters. The van der Waals surface area contributed by atoms with Gasteiger partial charge in [0.15, 0.2) is 0 Å². The second-order valence-electron chi connectivity index (χ2n) is 3.93. The topological polar surface area (TPSA) is 76.1 Å². The number of alkyl halides is 3. The lowest BCUT2D eigenvalue weighted by Crippen LogP contribution is -2.14. The number of hydrogen-bond acceptors (Lipinski definition) is 5. The highest BCUT2D eigenvalue weighted by atomic mass is 32.2. The summed E-state index contributed by atoms with van der Waals surface area (Å²) in [6.07, 6.45) is -0.353. The number of nitrogens with zero attached hydrogens (tertiary/aromatic N) is 1. The molecule has 0 unspecified atom stereocenters. The Morgan fingerprint density at radius 3 is 2.62 bits per heavy atom. The van der Waals surface area contributed by atoms with Gasteiger partial charge in [-0.1, -0.05) is 6.07 Å². The van der Waals surface area contributed by atoms with Crippen molar-refractivity contribution in [2.45, 2.75) is 30.3 Å². The average Bonchev–Trinajstić information content (AvgIpc) is 2.39. The Hall–Kier alpha value is -1.72. The molecule has 0 radical (unpaired) electrons. The van der Waals surface area contributed by atoms with Gasteiger partial charge in [0.05, 0.1) is 18.6 Å². The van der Waals surface area contributed by atoms with E-state index in [1.165, 1.54) is 12.1 Å². The van der Waals surface area contributed by atoms with Crippen LogP contribution >= 0.6 is 11.8 Å². The molecule has 0 fully saturated rings. The fraction of sp³-hybridized carbons (Fsp3) is 0.385. The van der Waals surface area contributed by atoms with Crippen LogP contribution in [0, 0.1) is 11.3 Å². The van der Waals surface area contributed by atoms with Crippen molar-refractivity contribution in [1.82, 2.24) is 0 Å². The maximum Gasteiger partial charge on any atom is 0.446 e. The molecule has 114 valence electrons. The standard InChI is InChI=1S/C13H13F3N2O2S/c1-2-20-11(19)5-10-8(6-17)3-4-9(7-18)12(10)21-13(14,15)16/h3-4H,2,5-6,17H2,1H3. The number of ether oxygens (including phenoxy) is 1. The monoisotopic (exact) mass is 318 g/mol. The van der Waals surface area contributed by atoms with Crippen LogP contribution in [0.15, 0.2) is 17.0 Å². The van der Waals surface area contributed by atoms with Crippen molar-refractivity contribution in [3.05, 3.63) is 28.8 Å². The molecule has 0 bridgehead atoms. The number of rotatable bonds is 5. The number of halogens is 3. The molecule has 1 aromatic carbocycles. The van der Waals surface area contributed by atoms with Crippen molar-refractivity contribution in [3.63, 3.8) is 0 Å². The van der Waals surface area contributed by atoms with Crippen LogP contribution in [0.4, 0.5) is 13.2 Å². The zero-order chi connectivity index (χ0) is 16.0. The average molecular weight is 318 g/mol. The van der Waals surface area contributed by atoms with E-state index in [0.717, 1.165) is 0 Å². The van der Waals surface area contributed by atoms with Gasteiger partial charge in [-0.2, -0.15) is 18.4 Å². The molecule has 0 spiro atoms. The van der Waals surface area contributed by atoms with Crippen LogP contribution in [0.25, 0.3) is 0 Å². The van der Waals surface area contributed by atoms with E-state index in [2.05, 4.69) is 0 Å². The van der Waals surface area contributed by atoms with E-state index in [1.54, 1.807) is 13.0 Å². The highest BCUT2D eigenvalue weighted by molar-refractivity contribution is 8.00. The molecule has 1 rings (SSSR count). The molecule has 2 N–H and O–H groups in total. The highest BCUT2D eigenvalue weighted by Crippen LogP contribution is 2.41. The van der Waals surface area contributed by atoms with Crippen molar-refractivity contribution in [1.29, 1.82) is 5.26 Å². The second kappa shape index (κ2) is 7.33. The number of thioether (sulfide) groups is 1. The lowest BCUT2D eigenvalue weighted by molar-refractivity contribution is -0.142. The number of nitriles is 1. The van der Waals surface area contributed by atoms with Gasteiger partial charge in [-0.25, -0.2) is 0 Å². The summed E-state index contributed by atoms with van der Waals surface area (Å²) in [6, 6.07) is 4.42. The predicted molar refractivity (Wildman–Crippen MR) is 71.3 cm³/mol. The normalized spacial score (nSPS) is 11.0. The summed E-state index contributed by atoms with van der Waals surface area (Å²) in [5, 5.41) is 8.96. The molecule has 0 saturated carbocycles. The van der Waals surface area contributed by atoms with E-state index < -0.39 is 23.2 Å². The van der Waals surface area contributed by atoms with Crippen molar-refractivity contribution in [3.8, 4) is 6.07 Å². The summed E-state index contributed by atoms with van der Waals surface area (Å²) in [6.45, 7) is 1.68. The lowest BCUT2D eigenvalue weighted by atomic mass is 10.0. The summed E-state index contributed by atoms with van der Waals surface area (Å²) in [5.41, 5.74) is 1.27. The molecule has 4 nitrogen and oxygen atoms in total. The van der Waals surface area contributed by atoms with Gasteiger partial charge in [0, 0.05) is 11.4 Å². The molecule has 1 aromatic rings. The molecule has 21 heavy (non-hydrogen) atoms. The third-order valence-electron chi connectivity index (χ3n) is 2.54. The molecule has 0 aliphatic rings. The quantitative estimate of drug-likeness (QED) is 0.667. The maximum atomic E-state index is 12.7. The van der Waals surface area contributed by atoms with Gasteiger partial charge in [0.2, 0.25) is 0 Å². The van der Waals surface area contributed by atoms with Crippen LogP contribution < -0.4 is 5.73 Å². The lowest BCUT2D eigenvalue weighted by Gasteiger charge is -2.16. The first-order valence-electron chi connectivity index (χ1n) is 5.98. The number of carbonyl (C=O) groups excluding carboxylic acids is 1. The second-order valence-corrected chi connectivity index (χ2v) is 5.00. The first kappa shape index (κ1) is 17.3. The van der Waals surface area contributed by atoms with Crippen LogP contribution in [0.3, 0.4) is 0 Å². The summed E-state index contributed by atoms with van der Waals surface area (Å²) in [5.74, 6) is -0.661. The van der Waals surface area contributed by atoms with Crippen molar-refractivity contribution in [2.75, 3.05) is 6.61 Å². The van der Waals surface area contributed by atoms with Gasteiger partial charge in [0.1, 0.15) is 6.07 Å². The Bertz CT molecular complexity index is 568. The fourth-order valence-corrected chi connectivity index (χ4v) is 2.51. The Kier molecular flexibility index (Phi) is 6.05. The van der Waals surface area contributed by atoms with Gasteiger partial charge in [-0.15, -0.1) is 0 Å². The maximum absolute atomic E-state index is 12.7. The molecular formula is C13H13F3N2O2S. The zero-order valence-electron chi connectivity index (χ0n) is 11.2. The summed E-state index contributed by atoms with van der Waals surface area (Å²) in [4.78, 5) is 11.3. The van der Waals surface area contributed by atoms with E-state index >= 15 is 0 Å². The van der Waals surface area contributed by atoms with Gasteiger partial charge >= 0.3 is 11.5 Å². The molecule has 0 heterocycles. The molecule has 0 aliphatic heterocycles. The molecule has 0 saturated heterocycles. The van der Waals surface area contributed by atoms with Crippen LogP contribution in [0.1, 0.15) is 23.6 Å². The SMILES string of the molecule is CCOC(=O)Cc1c(CN)ccc(C#N)c1SC(F)(F)F. The fourth-order valence-electron chi connectivity index (χ4n) is 1.73. The van der Waals surface area contributed by atoms with Crippen LogP contribution in [0.5, 0.6) is 0 Å². The smallest absolute Gasteiger partial charge is 0.446 e. The Balaban J connectivity index is 3.34. The third-order valence-corrected chi connectivity index (χ3v) is 3.44. The summed E-state index contributed by atoms with van der Waals surface area (Å²) < 4.78 is 42.7. The van der Waals surface area contributed by atoms with Crippen LogP contribution in [-0.4, -0.2) is 18.1 Å². The van der Waals surface area contributed by atoms with Crippen molar-refractivity contribution in [2.24, 2.45) is 5.73 Å². The van der Waals surface area contributed by atoms with E-state index in [1.807, 2.05) is 0 Å². The summed E-state index contributed by atoms with van der Waals surface area (Å²) >= 11 is -0.418. The molecule has 8 heteroatoms. The molecule has 0 aliphatic carbocycles. The third kappa shape index (κ3) is 4.95. The minimum absolute atomic E-state index is 0.0358. The molecule has 0 aromatic heterocycles. The van der Waals surface area contributed by atoms with E-state index in [0.29, 0.717) is 5.56 Å². The van der Waals surface area contributed by atoms with Crippen molar-refractivity contribution < 1.29 is 22.7 Å². The largest absolute Gasteiger partial charge is 0.466 e. The van der Waals surface area contributed by atoms with E-state index in [9.17, 15) is 18.0 Å². The Morgan fingerprint density at radius 2 is 2.14 bits per heavy atom. The van der Waals surface area contributed by atoms with Crippen LogP contribution in [-0.2, 0) is 22.5 Å². The van der Waals surface area contributed by atoms with Crippen LogP contribution in [0.2, 0.25) is 0 Å². The number of carbonyl (C=O) groups is 1. The van der Waals surface area contributed by atoms with E-state index in [4.69, 9.17) is 15.7 Å². The van der Waals surface area contributed by atoms with E-state index in [-0.39, 0.29) is 35.6 Å². The van der Waals surface area contributed by atoms with Gasteiger partial charge in [-0.05, 0) is 35.9 Å². The Morgan fingerprint density at radius 1 is 1.48 bits per heavy atom. The number of hydrogen-bond donors (Lipinski definition) is 1. The zero-order valence-corrected chi connectivity index (χ0v) is 12.0.